The van der Waals surface area contributed by atoms with Gasteiger partial charge < -0.3 is 19.5 Å². The molecule has 0 spiro atoms. The fraction of sp³-hybridized carbons (Fsp3) is 0.333. The molecule has 3 aromatic carbocycles. The number of ether oxygens (including phenoxy) is 1. The average Bonchev–Trinajstić information content (AvgIpc) is 3.37. The minimum Gasteiger partial charge on any atom is -0.440 e. The lowest BCUT2D eigenvalue weighted by Crippen LogP contribution is -2.32. The number of esters is 1. The summed E-state index contributed by atoms with van der Waals surface area (Å²) in [4.78, 5) is 27.9. The highest BCUT2D eigenvalue weighted by Gasteiger charge is 2.52. The van der Waals surface area contributed by atoms with Crippen LogP contribution in [0.25, 0.3) is 10.9 Å². The molecule has 1 atom stereocenters. The number of para-hydroxylation sites is 1. The molecule has 6 nitrogen and oxygen atoms in total. The van der Waals surface area contributed by atoms with Gasteiger partial charge in [0.2, 0.25) is 5.91 Å². The summed E-state index contributed by atoms with van der Waals surface area (Å²) in [6, 6.07) is 21.9. The van der Waals surface area contributed by atoms with Crippen molar-refractivity contribution in [3.63, 3.8) is 0 Å². The second-order valence-corrected chi connectivity index (χ2v) is 10.6. The molecule has 2 heterocycles. The van der Waals surface area contributed by atoms with Crippen molar-refractivity contribution >= 4 is 34.2 Å². The molecule has 0 radical (unpaired) electrons. The molecule has 39 heavy (non-hydrogen) atoms. The summed E-state index contributed by atoms with van der Waals surface area (Å²) in [5, 5.41) is 4.09. The van der Waals surface area contributed by atoms with Gasteiger partial charge in [-0.15, -0.1) is 0 Å². The highest BCUT2D eigenvalue weighted by atomic mass is 16.6. The van der Waals surface area contributed by atoms with E-state index in [1.807, 2.05) is 67.5 Å². The van der Waals surface area contributed by atoms with E-state index in [4.69, 9.17) is 4.74 Å². The molecule has 0 saturated carbocycles. The third-order valence-electron chi connectivity index (χ3n) is 7.80. The van der Waals surface area contributed by atoms with Crippen LogP contribution in [0, 0.1) is 6.92 Å². The Labute approximate surface area is 230 Å². The van der Waals surface area contributed by atoms with Crippen molar-refractivity contribution in [3.05, 3.63) is 94.7 Å². The fourth-order valence-corrected chi connectivity index (χ4v) is 6.01. The molecule has 0 saturated heterocycles. The summed E-state index contributed by atoms with van der Waals surface area (Å²) in [5.74, 6) is -0.551. The molecule has 0 fully saturated rings. The van der Waals surface area contributed by atoms with Crippen LogP contribution in [0.5, 0.6) is 0 Å². The van der Waals surface area contributed by atoms with E-state index in [1.54, 1.807) is 0 Å². The molecule has 1 aromatic heterocycles. The molecule has 0 bridgehead atoms. The van der Waals surface area contributed by atoms with Crippen molar-refractivity contribution in [2.24, 2.45) is 0 Å². The maximum atomic E-state index is 13.5. The minimum atomic E-state index is -1.23. The van der Waals surface area contributed by atoms with E-state index in [1.165, 1.54) is 26.2 Å². The van der Waals surface area contributed by atoms with Gasteiger partial charge >= 0.3 is 5.97 Å². The second-order valence-electron chi connectivity index (χ2n) is 10.6. The molecule has 5 rings (SSSR count). The molecule has 1 amide bonds. The van der Waals surface area contributed by atoms with Crippen molar-refractivity contribution < 1.29 is 14.3 Å². The maximum absolute atomic E-state index is 13.5. The first-order valence-electron chi connectivity index (χ1n) is 13.8. The summed E-state index contributed by atoms with van der Waals surface area (Å²) < 4.78 is 8.91. The number of carbonyl (C=O) groups excluding carboxylic acids is 2. The molecule has 1 aliphatic heterocycles. The smallest absolute Gasteiger partial charge is 0.340 e. The van der Waals surface area contributed by atoms with Gasteiger partial charge in [-0.05, 0) is 37.6 Å². The van der Waals surface area contributed by atoms with Crippen LogP contribution in [0.4, 0.5) is 11.4 Å². The maximum Gasteiger partial charge on any atom is 0.340 e. The van der Waals surface area contributed by atoms with Gasteiger partial charge in [0.05, 0.1) is 11.3 Å². The molecule has 202 valence electrons. The predicted molar refractivity (Wildman–Crippen MR) is 158 cm³/mol. The number of nitrogens with one attached hydrogen (secondary N) is 1. The lowest BCUT2D eigenvalue weighted by Gasteiger charge is -2.33. The van der Waals surface area contributed by atoms with Crippen molar-refractivity contribution in [2.75, 3.05) is 24.3 Å². The number of cyclic esters (lactones) is 1. The minimum absolute atomic E-state index is 0.185. The number of nitrogens with zero attached hydrogens (tertiary/aromatic N) is 2. The van der Waals surface area contributed by atoms with Crippen LogP contribution in [0.3, 0.4) is 0 Å². The van der Waals surface area contributed by atoms with E-state index in [-0.39, 0.29) is 11.9 Å². The first-order valence-corrected chi connectivity index (χ1v) is 13.8. The number of anilines is 2. The molecule has 1 aliphatic rings. The lowest BCUT2D eigenvalue weighted by atomic mass is 9.77. The topological polar surface area (TPSA) is 63.6 Å². The second kappa shape index (κ2) is 10.6. The third-order valence-corrected chi connectivity index (χ3v) is 7.80. The zero-order valence-electron chi connectivity index (χ0n) is 23.5. The standard InChI is InChI=1S/C33H37N3O3/c1-6-7-8-13-20-36-22(2)31(26-15-10-12-17-30(26)36)33(27-16-11-9-14-25(27)32(38)39-33)28-19-18-24(35(4)5)21-29(28)34-23(3)37/h9-12,14-19,21H,6-8,13,20H2,1-5H3,(H,34,37). The van der Waals surface area contributed by atoms with Crippen LogP contribution in [-0.2, 0) is 21.7 Å². The first kappa shape index (κ1) is 26.5. The van der Waals surface area contributed by atoms with Crippen LogP contribution in [-0.4, -0.2) is 30.5 Å². The monoisotopic (exact) mass is 523 g/mol. The van der Waals surface area contributed by atoms with Crippen LogP contribution in [0.15, 0.2) is 66.7 Å². The average molecular weight is 524 g/mol. The van der Waals surface area contributed by atoms with Gasteiger partial charge in [0, 0.05) is 66.5 Å². The number of unbranched alkanes of at least 4 members (excludes halogenated alkanes) is 3. The Morgan fingerprint density at radius 2 is 1.72 bits per heavy atom. The number of aromatic nitrogens is 1. The Kier molecular flexibility index (Phi) is 7.21. The molecule has 0 aliphatic carbocycles. The van der Waals surface area contributed by atoms with Gasteiger partial charge in [-0.1, -0.05) is 68.7 Å². The van der Waals surface area contributed by atoms with E-state index < -0.39 is 5.60 Å². The van der Waals surface area contributed by atoms with E-state index in [2.05, 4.69) is 41.9 Å². The normalized spacial score (nSPS) is 16.3. The Hall–Kier alpha value is -4.06. The number of hydrogen-bond donors (Lipinski definition) is 1. The summed E-state index contributed by atoms with van der Waals surface area (Å²) in [7, 11) is 3.92. The Bertz CT molecular complexity index is 1550. The molecule has 1 N–H and O–H groups in total. The van der Waals surface area contributed by atoms with Gasteiger partial charge in [0.25, 0.3) is 0 Å². The molecule has 6 heteroatoms. The largest absolute Gasteiger partial charge is 0.440 e. The van der Waals surface area contributed by atoms with E-state index in [0.29, 0.717) is 11.3 Å². The summed E-state index contributed by atoms with van der Waals surface area (Å²) in [6.07, 6.45) is 4.63. The Balaban J connectivity index is 1.84. The van der Waals surface area contributed by atoms with Crippen molar-refractivity contribution in [1.82, 2.24) is 4.57 Å². The molecular formula is C33H37N3O3. The van der Waals surface area contributed by atoms with E-state index >= 15 is 0 Å². The first-order chi connectivity index (χ1) is 18.8. The van der Waals surface area contributed by atoms with Crippen molar-refractivity contribution in [1.29, 1.82) is 0 Å². The van der Waals surface area contributed by atoms with E-state index in [0.717, 1.165) is 51.9 Å². The van der Waals surface area contributed by atoms with Crippen LogP contribution < -0.4 is 10.2 Å². The van der Waals surface area contributed by atoms with Gasteiger partial charge in [-0.2, -0.15) is 0 Å². The number of benzene rings is 3. The number of hydrogen-bond acceptors (Lipinski definition) is 4. The summed E-state index contributed by atoms with van der Waals surface area (Å²) >= 11 is 0. The van der Waals surface area contributed by atoms with Crippen LogP contribution >= 0.6 is 0 Å². The van der Waals surface area contributed by atoms with Crippen LogP contribution in [0.2, 0.25) is 0 Å². The number of aryl methyl sites for hydroxylation is 1. The highest BCUT2D eigenvalue weighted by Crippen LogP contribution is 2.53. The quantitative estimate of drug-likeness (QED) is 0.189. The summed E-state index contributed by atoms with van der Waals surface area (Å²) in [5.41, 5.74) is 5.51. The van der Waals surface area contributed by atoms with Gasteiger partial charge in [-0.3, -0.25) is 4.79 Å². The lowest BCUT2D eigenvalue weighted by molar-refractivity contribution is -0.114. The Morgan fingerprint density at radius 1 is 0.974 bits per heavy atom. The number of amides is 1. The fourth-order valence-electron chi connectivity index (χ4n) is 6.01. The Morgan fingerprint density at radius 3 is 2.46 bits per heavy atom. The molecular weight excluding hydrogens is 486 g/mol. The highest BCUT2D eigenvalue weighted by molar-refractivity contribution is 6.00. The molecule has 4 aromatic rings. The van der Waals surface area contributed by atoms with Crippen LogP contribution in [0.1, 0.15) is 72.3 Å². The zero-order chi connectivity index (χ0) is 27.7. The number of carbonyl (C=O) groups is 2. The third kappa shape index (κ3) is 4.48. The van der Waals surface area contributed by atoms with Gasteiger partial charge in [0.1, 0.15) is 0 Å². The SMILES string of the molecule is CCCCCCn1c(C)c(C2(c3ccc(N(C)C)cc3NC(C)=O)OC(=O)c3ccccc32)c2ccccc21. The van der Waals surface area contributed by atoms with Crippen molar-refractivity contribution in [3.8, 4) is 0 Å². The van der Waals surface area contributed by atoms with Crippen molar-refractivity contribution in [2.45, 2.75) is 58.6 Å². The molecule has 1 unspecified atom stereocenters. The van der Waals surface area contributed by atoms with Gasteiger partial charge in [0.15, 0.2) is 5.60 Å². The van der Waals surface area contributed by atoms with E-state index in [9.17, 15) is 9.59 Å². The predicted octanol–water partition coefficient (Wildman–Crippen LogP) is 7.02. The summed E-state index contributed by atoms with van der Waals surface area (Å²) in [6.45, 7) is 6.73. The number of fused-ring (bicyclic) bond motifs is 2. The zero-order valence-corrected chi connectivity index (χ0v) is 23.5. The van der Waals surface area contributed by atoms with Gasteiger partial charge in [-0.25, -0.2) is 4.79 Å². The number of rotatable bonds is 9.